The molecule has 0 bridgehead atoms. The number of hydrogen-bond acceptors (Lipinski definition) is 3. The van der Waals surface area contributed by atoms with Crippen molar-refractivity contribution in [3.8, 4) is 0 Å². The number of nitrogens with one attached hydrogen (secondary N) is 2. The van der Waals surface area contributed by atoms with E-state index in [4.69, 9.17) is 11.6 Å². The minimum absolute atomic E-state index is 0.0526. The van der Waals surface area contributed by atoms with Gasteiger partial charge in [-0.3, -0.25) is 4.79 Å². The molecule has 4 nitrogen and oxygen atoms in total. The quantitative estimate of drug-likeness (QED) is 0.789. The van der Waals surface area contributed by atoms with E-state index < -0.39 is 0 Å². The summed E-state index contributed by atoms with van der Waals surface area (Å²) in [6.07, 6.45) is 0. The van der Waals surface area contributed by atoms with Gasteiger partial charge in [0.1, 0.15) is 11.0 Å². The standard InChI is InChI=1S/C15H24ClN3O/c1-6-17-13-8-11(7-12(16)19-13)14(20)18-9-15(4,5)10(2)3/h7-8,10H,6,9H2,1-5H3,(H,17,19)(H,18,20). The van der Waals surface area contributed by atoms with Crippen LogP contribution < -0.4 is 10.6 Å². The smallest absolute Gasteiger partial charge is 0.251 e. The largest absolute Gasteiger partial charge is 0.370 e. The van der Waals surface area contributed by atoms with Gasteiger partial charge in [0.25, 0.3) is 5.91 Å². The number of halogens is 1. The third kappa shape index (κ3) is 4.67. The van der Waals surface area contributed by atoms with Crippen LogP contribution in [0.1, 0.15) is 45.0 Å². The van der Waals surface area contributed by atoms with E-state index in [1.807, 2.05) is 6.92 Å². The van der Waals surface area contributed by atoms with Gasteiger partial charge in [-0.2, -0.15) is 0 Å². The summed E-state index contributed by atoms with van der Waals surface area (Å²) in [6.45, 7) is 11.9. The second-order valence-electron chi connectivity index (χ2n) is 5.92. The highest BCUT2D eigenvalue weighted by Crippen LogP contribution is 2.25. The number of carbonyl (C=O) groups excluding carboxylic acids is 1. The summed E-state index contributed by atoms with van der Waals surface area (Å²) in [5.74, 6) is 0.983. The lowest BCUT2D eigenvalue weighted by molar-refractivity contribution is 0.0924. The first-order valence-corrected chi connectivity index (χ1v) is 7.33. The van der Waals surface area contributed by atoms with Gasteiger partial charge in [-0.15, -0.1) is 0 Å². The topological polar surface area (TPSA) is 54.0 Å². The number of amides is 1. The van der Waals surface area contributed by atoms with Crippen molar-refractivity contribution in [2.75, 3.05) is 18.4 Å². The van der Waals surface area contributed by atoms with Crippen molar-refractivity contribution in [3.63, 3.8) is 0 Å². The fourth-order valence-electron chi connectivity index (χ4n) is 1.51. The van der Waals surface area contributed by atoms with Gasteiger partial charge in [0.2, 0.25) is 0 Å². The molecule has 2 N–H and O–H groups in total. The highest BCUT2D eigenvalue weighted by molar-refractivity contribution is 6.29. The highest BCUT2D eigenvalue weighted by atomic mass is 35.5. The number of aromatic nitrogens is 1. The third-order valence-corrected chi connectivity index (χ3v) is 3.88. The van der Waals surface area contributed by atoms with Crippen LogP contribution in [0, 0.1) is 11.3 Å². The lowest BCUT2D eigenvalue weighted by Crippen LogP contribution is -2.37. The summed E-state index contributed by atoms with van der Waals surface area (Å²) < 4.78 is 0. The van der Waals surface area contributed by atoms with Crippen molar-refractivity contribution in [1.82, 2.24) is 10.3 Å². The molecule has 1 aromatic rings. The van der Waals surface area contributed by atoms with E-state index >= 15 is 0 Å². The van der Waals surface area contributed by atoms with E-state index in [2.05, 4.69) is 43.3 Å². The first-order chi connectivity index (χ1) is 9.26. The molecule has 0 fully saturated rings. The van der Waals surface area contributed by atoms with Crippen molar-refractivity contribution in [2.45, 2.75) is 34.6 Å². The molecule has 0 radical (unpaired) electrons. The van der Waals surface area contributed by atoms with Crippen LogP contribution in [0.25, 0.3) is 0 Å². The molecule has 0 unspecified atom stereocenters. The van der Waals surface area contributed by atoms with Gasteiger partial charge in [0, 0.05) is 18.7 Å². The molecular formula is C15H24ClN3O. The normalized spacial score (nSPS) is 11.6. The maximum Gasteiger partial charge on any atom is 0.251 e. The van der Waals surface area contributed by atoms with Crippen LogP contribution in [0.15, 0.2) is 12.1 Å². The number of hydrogen-bond donors (Lipinski definition) is 2. The van der Waals surface area contributed by atoms with Crippen molar-refractivity contribution in [3.05, 3.63) is 22.8 Å². The fraction of sp³-hybridized carbons (Fsp3) is 0.600. The summed E-state index contributed by atoms with van der Waals surface area (Å²) in [6, 6.07) is 3.30. The number of anilines is 1. The molecule has 1 aromatic heterocycles. The molecular weight excluding hydrogens is 274 g/mol. The minimum atomic E-state index is -0.123. The summed E-state index contributed by atoms with van der Waals surface area (Å²) in [5, 5.41) is 6.34. The van der Waals surface area contributed by atoms with Crippen LogP contribution in [0.4, 0.5) is 5.82 Å². The molecule has 0 aliphatic rings. The van der Waals surface area contributed by atoms with Gasteiger partial charge >= 0.3 is 0 Å². The Hall–Kier alpha value is -1.29. The average Bonchev–Trinajstić information content (AvgIpc) is 2.35. The first kappa shape index (κ1) is 16.8. The van der Waals surface area contributed by atoms with Crippen LogP contribution in [0.3, 0.4) is 0 Å². The minimum Gasteiger partial charge on any atom is -0.370 e. The van der Waals surface area contributed by atoms with Crippen molar-refractivity contribution in [1.29, 1.82) is 0 Å². The van der Waals surface area contributed by atoms with Crippen LogP contribution in [0.2, 0.25) is 5.15 Å². The van der Waals surface area contributed by atoms with E-state index in [0.29, 0.717) is 29.0 Å². The lowest BCUT2D eigenvalue weighted by Gasteiger charge is -2.29. The molecule has 0 atom stereocenters. The SMILES string of the molecule is CCNc1cc(C(=O)NCC(C)(C)C(C)C)cc(Cl)n1. The Balaban J connectivity index is 2.77. The fourth-order valence-corrected chi connectivity index (χ4v) is 1.72. The molecule has 1 heterocycles. The summed E-state index contributed by atoms with van der Waals surface area (Å²) in [4.78, 5) is 16.3. The van der Waals surface area contributed by atoms with Gasteiger partial charge in [-0.1, -0.05) is 39.3 Å². The Morgan fingerprint density at radius 1 is 1.40 bits per heavy atom. The van der Waals surface area contributed by atoms with Crippen molar-refractivity contribution < 1.29 is 4.79 Å². The van der Waals surface area contributed by atoms with Gasteiger partial charge in [-0.25, -0.2) is 4.98 Å². The molecule has 1 rings (SSSR count). The number of carbonyl (C=O) groups is 1. The van der Waals surface area contributed by atoms with E-state index in [-0.39, 0.29) is 11.3 Å². The number of rotatable bonds is 6. The molecule has 5 heteroatoms. The van der Waals surface area contributed by atoms with Crippen molar-refractivity contribution in [2.24, 2.45) is 11.3 Å². The second-order valence-corrected chi connectivity index (χ2v) is 6.31. The summed E-state index contributed by atoms with van der Waals surface area (Å²) in [5.41, 5.74) is 0.581. The molecule has 1 amide bonds. The Labute approximate surface area is 126 Å². The molecule has 0 aromatic carbocycles. The van der Waals surface area contributed by atoms with Crippen LogP contribution in [-0.2, 0) is 0 Å². The van der Waals surface area contributed by atoms with Gasteiger partial charge in [-0.05, 0) is 30.4 Å². The monoisotopic (exact) mass is 297 g/mol. The van der Waals surface area contributed by atoms with Gasteiger partial charge in [0.15, 0.2) is 0 Å². The Bertz CT molecular complexity index is 472. The summed E-state index contributed by atoms with van der Waals surface area (Å²) in [7, 11) is 0. The predicted octanol–water partition coefficient (Wildman–Crippen LogP) is 3.58. The van der Waals surface area contributed by atoms with Crippen LogP contribution in [0.5, 0.6) is 0 Å². The third-order valence-electron chi connectivity index (χ3n) is 3.68. The van der Waals surface area contributed by atoms with Crippen LogP contribution >= 0.6 is 11.6 Å². The molecule has 20 heavy (non-hydrogen) atoms. The number of nitrogens with zero attached hydrogens (tertiary/aromatic N) is 1. The Morgan fingerprint density at radius 3 is 2.60 bits per heavy atom. The molecule has 0 aliphatic heterocycles. The summed E-state index contributed by atoms with van der Waals surface area (Å²) >= 11 is 5.94. The molecule has 0 saturated carbocycles. The highest BCUT2D eigenvalue weighted by Gasteiger charge is 2.23. The average molecular weight is 298 g/mol. The predicted molar refractivity (Wildman–Crippen MR) is 84.4 cm³/mol. The zero-order valence-corrected chi connectivity index (χ0v) is 13.6. The molecule has 0 saturated heterocycles. The van der Waals surface area contributed by atoms with E-state index in [1.165, 1.54) is 0 Å². The number of pyridine rings is 1. The lowest BCUT2D eigenvalue weighted by atomic mass is 9.81. The first-order valence-electron chi connectivity index (χ1n) is 6.96. The van der Waals surface area contributed by atoms with E-state index in [9.17, 15) is 4.79 Å². The van der Waals surface area contributed by atoms with E-state index in [0.717, 1.165) is 6.54 Å². The maximum absolute atomic E-state index is 12.2. The van der Waals surface area contributed by atoms with Crippen LogP contribution in [-0.4, -0.2) is 24.0 Å². The maximum atomic E-state index is 12.2. The second kappa shape index (κ2) is 6.93. The zero-order chi connectivity index (χ0) is 15.3. The van der Waals surface area contributed by atoms with Gasteiger partial charge < -0.3 is 10.6 Å². The van der Waals surface area contributed by atoms with E-state index in [1.54, 1.807) is 12.1 Å². The van der Waals surface area contributed by atoms with Gasteiger partial charge in [0.05, 0.1) is 0 Å². The zero-order valence-electron chi connectivity index (χ0n) is 12.9. The Morgan fingerprint density at radius 2 is 2.05 bits per heavy atom. The van der Waals surface area contributed by atoms with Crippen molar-refractivity contribution >= 4 is 23.3 Å². The molecule has 112 valence electrons. The molecule has 0 aliphatic carbocycles. The molecule has 0 spiro atoms. The Kier molecular flexibility index (Phi) is 5.81.